The molecule has 0 bridgehead atoms. The van der Waals surface area contributed by atoms with Crippen molar-refractivity contribution in [1.29, 1.82) is 0 Å². The average Bonchev–Trinajstić information content (AvgIpc) is 3.23. The lowest BCUT2D eigenvalue weighted by Gasteiger charge is -2.26. The number of anilines is 4. The lowest BCUT2D eigenvalue weighted by Crippen LogP contribution is -2.39. The van der Waals surface area contributed by atoms with Gasteiger partial charge in [-0.15, -0.1) is 46.4 Å². The van der Waals surface area contributed by atoms with Crippen LogP contribution < -0.4 is 21.3 Å². The van der Waals surface area contributed by atoms with Crippen LogP contribution in [0.3, 0.4) is 0 Å². The zero-order valence-electron chi connectivity index (χ0n) is 31.8. The minimum absolute atomic E-state index is 0.191. The molecule has 60 heavy (non-hydrogen) atoms. The molecule has 0 unspecified atom stereocenters. The van der Waals surface area contributed by atoms with E-state index < -0.39 is 58.1 Å². The van der Waals surface area contributed by atoms with Crippen LogP contribution in [0.1, 0.15) is 26.7 Å². The second kappa shape index (κ2) is 27.2. The Labute approximate surface area is 401 Å². The summed E-state index contributed by atoms with van der Waals surface area (Å²) in [6, 6.07) is 28.0. The molecule has 4 aromatic rings. The Bertz CT molecular complexity index is 1820. The minimum atomic E-state index is -0.866. The third-order valence-corrected chi connectivity index (χ3v) is 11.8. The summed E-state index contributed by atoms with van der Waals surface area (Å²) < 4.78 is 24.7. The monoisotopic (exact) mass is 1160 g/mol. The van der Waals surface area contributed by atoms with Crippen LogP contribution in [-0.2, 0) is 18.9 Å². The highest BCUT2D eigenvalue weighted by Crippen LogP contribution is 2.24. The largest absolute Gasteiger partial charge is 0.448 e. The van der Waals surface area contributed by atoms with Gasteiger partial charge in [-0.3, -0.25) is 21.3 Å². The number of benzene rings is 4. The molecule has 4 N–H and O–H groups in total. The van der Waals surface area contributed by atoms with Gasteiger partial charge < -0.3 is 18.9 Å². The van der Waals surface area contributed by atoms with Crippen molar-refractivity contribution in [2.75, 3.05) is 34.5 Å². The third kappa shape index (κ3) is 19.4. The fraction of sp³-hybridized carbons (Fsp3) is 0.300. The summed E-state index contributed by atoms with van der Waals surface area (Å²) in [5.74, 6) is 0. The van der Waals surface area contributed by atoms with Gasteiger partial charge in [-0.1, -0.05) is 77.6 Å². The van der Waals surface area contributed by atoms with E-state index in [9.17, 15) is 19.2 Å². The molecule has 20 heteroatoms. The first kappa shape index (κ1) is 51.4. The van der Waals surface area contributed by atoms with Gasteiger partial charge in [-0.05, 0) is 110 Å². The highest BCUT2D eigenvalue weighted by atomic mass is 79.9. The van der Waals surface area contributed by atoms with Crippen molar-refractivity contribution in [1.82, 2.24) is 0 Å². The molecule has 0 aromatic heterocycles. The van der Waals surface area contributed by atoms with Crippen LogP contribution in [0.4, 0.5) is 41.9 Å². The molecule has 6 atom stereocenters. The van der Waals surface area contributed by atoms with Gasteiger partial charge in [0.05, 0.1) is 10.8 Å². The van der Waals surface area contributed by atoms with E-state index in [1.807, 2.05) is 13.8 Å². The highest BCUT2D eigenvalue weighted by Gasteiger charge is 2.32. The predicted molar refractivity (Wildman–Crippen MR) is 253 cm³/mol. The zero-order chi connectivity index (χ0) is 44.2. The number of amides is 4. The summed E-state index contributed by atoms with van der Waals surface area (Å²) in [6.45, 7) is 3.30. The molecule has 0 heterocycles. The van der Waals surface area contributed by atoms with Gasteiger partial charge in [0, 0.05) is 40.6 Å². The molecule has 4 rings (SSSR count). The summed E-state index contributed by atoms with van der Waals surface area (Å²) in [7, 11) is 0. The smallest absolute Gasteiger partial charge is 0.411 e. The van der Waals surface area contributed by atoms with E-state index in [1.165, 1.54) is 0 Å². The second-order valence-electron chi connectivity index (χ2n) is 12.3. The molecule has 12 nitrogen and oxygen atoms in total. The molecule has 0 aliphatic heterocycles. The van der Waals surface area contributed by atoms with Gasteiger partial charge in [-0.2, -0.15) is 0 Å². The first-order valence-electron chi connectivity index (χ1n) is 18.0. The minimum Gasteiger partial charge on any atom is -0.448 e. The Hall–Kier alpha value is -2.96. The van der Waals surface area contributed by atoms with E-state index in [0.717, 1.165) is 17.9 Å². The van der Waals surface area contributed by atoms with Gasteiger partial charge in [0.25, 0.3) is 0 Å². The molecule has 0 saturated heterocycles. The van der Waals surface area contributed by atoms with E-state index in [-0.39, 0.29) is 13.2 Å². The number of alkyl halides is 4. The van der Waals surface area contributed by atoms with Crippen molar-refractivity contribution in [3.8, 4) is 0 Å². The van der Waals surface area contributed by atoms with E-state index in [1.54, 1.807) is 97.1 Å². The maximum absolute atomic E-state index is 12.3. The summed E-state index contributed by atoms with van der Waals surface area (Å²) >= 11 is 38.6. The summed E-state index contributed by atoms with van der Waals surface area (Å²) in [6.07, 6.45) is -3.48. The molecule has 0 aliphatic carbocycles. The van der Waals surface area contributed by atoms with Crippen LogP contribution in [0.15, 0.2) is 115 Å². The SMILES string of the molecule is CC[C@@H](Cl)[C@@H](OC(=O)Nc1ccc(Br)cc1)[C@@H](Cl)COC(=O)Nc1ccc(Br)cc1.CC[C@@H](Cl)[C@@H](OC(=O)Nc1ccc(Br)cc1)[C@@H](Cl)COC(=O)Nc1ccc(Br)cc1. The number of rotatable bonds is 16. The highest BCUT2D eigenvalue weighted by molar-refractivity contribution is 9.11. The van der Waals surface area contributed by atoms with Crippen LogP contribution in [0.25, 0.3) is 0 Å². The first-order valence-corrected chi connectivity index (χ1v) is 22.9. The predicted octanol–water partition coefficient (Wildman–Crippen LogP) is 14.0. The van der Waals surface area contributed by atoms with Crippen LogP contribution in [0, 0.1) is 0 Å². The van der Waals surface area contributed by atoms with Crippen molar-refractivity contribution < 1.29 is 38.1 Å². The normalized spacial score (nSPS) is 13.6. The van der Waals surface area contributed by atoms with Gasteiger partial charge >= 0.3 is 24.4 Å². The summed E-state index contributed by atoms with van der Waals surface area (Å²) in [5.41, 5.74) is 2.25. The number of carbonyl (C=O) groups is 4. The van der Waals surface area contributed by atoms with Crippen molar-refractivity contribution in [2.24, 2.45) is 0 Å². The Morgan fingerprint density at radius 3 is 0.900 bits per heavy atom. The van der Waals surface area contributed by atoms with E-state index in [0.29, 0.717) is 35.6 Å². The summed E-state index contributed by atoms with van der Waals surface area (Å²) in [4.78, 5) is 48.5. The van der Waals surface area contributed by atoms with Crippen LogP contribution >= 0.6 is 110 Å². The molecule has 0 fully saturated rings. The first-order chi connectivity index (χ1) is 28.6. The lowest BCUT2D eigenvalue weighted by molar-refractivity contribution is 0.0836. The number of hydrogen-bond acceptors (Lipinski definition) is 8. The molecule has 4 aromatic carbocycles. The molecular weight excluding hydrogens is 1130 g/mol. The van der Waals surface area contributed by atoms with Crippen molar-refractivity contribution in [2.45, 2.75) is 60.4 Å². The number of carbonyl (C=O) groups excluding carboxylic acids is 4. The van der Waals surface area contributed by atoms with Crippen LogP contribution in [-0.4, -0.2) is 71.3 Å². The molecule has 0 saturated carbocycles. The summed E-state index contributed by atoms with van der Waals surface area (Å²) in [5, 5.41) is 7.62. The number of hydrogen-bond donors (Lipinski definition) is 4. The number of halogens is 8. The Kier molecular flexibility index (Phi) is 23.3. The fourth-order valence-electron chi connectivity index (χ4n) is 4.70. The van der Waals surface area contributed by atoms with E-state index in [4.69, 9.17) is 65.4 Å². The Balaban J connectivity index is 0.000000320. The standard InChI is InChI=1S/2C20H20Br2Cl2N2O4/c2*1-2-16(23)18(30-20(28)26-15-9-5-13(22)6-10-15)17(24)11-29-19(27)25-14-7-3-12(21)4-8-14/h2*3-10,16-18H,2,11H2,1H3,(H,25,27)(H,26,28)/t2*16-,17+,18-/m11/s1. The molecule has 4 amide bonds. The van der Waals surface area contributed by atoms with Gasteiger partial charge in [0.1, 0.15) is 36.2 Å². The maximum atomic E-state index is 12.3. The van der Waals surface area contributed by atoms with E-state index in [2.05, 4.69) is 85.0 Å². The molecule has 0 radical (unpaired) electrons. The topological polar surface area (TPSA) is 153 Å². The molecule has 0 spiro atoms. The molecule has 324 valence electrons. The Morgan fingerprint density at radius 1 is 0.433 bits per heavy atom. The van der Waals surface area contributed by atoms with Crippen LogP contribution in [0.5, 0.6) is 0 Å². The second-order valence-corrected chi connectivity index (χ2v) is 18.2. The van der Waals surface area contributed by atoms with Crippen molar-refractivity contribution in [3.05, 3.63) is 115 Å². The maximum Gasteiger partial charge on any atom is 0.411 e. The average molecular weight is 1170 g/mol. The number of nitrogens with one attached hydrogen (secondary N) is 4. The van der Waals surface area contributed by atoms with Gasteiger partial charge in [-0.25, -0.2) is 19.2 Å². The quantitative estimate of drug-likeness (QED) is 0.0639. The van der Waals surface area contributed by atoms with Gasteiger partial charge in [0.15, 0.2) is 0 Å². The lowest BCUT2D eigenvalue weighted by atomic mass is 10.1. The fourth-order valence-corrected chi connectivity index (χ4v) is 6.94. The molecular formula is C40H40Br4Cl4N4O8. The van der Waals surface area contributed by atoms with E-state index >= 15 is 0 Å². The Morgan fingerprint density at radius 2 is 0.667 bits per heavy atom. The third-order valence-electron chi connectivity index (χ3n) is 7.80. The van der Waals surface area contributed by atoms with Crippen molar-refractivity contribution in [3.63, 3.8) is 0 Å². The van der Waals surface area contributed by atoms with Crippen LogP contribution in [0.2, 0.25) is 0 Å². The van der Waals surface area contributed by atoms with Crippen molar-refractivity contribution >= 4 is 157 Å². The zero-order valence-corrected chi connectivity index (χ0v) is 41.2. The van der Waals surface area contributed by atoms with Gasteiger partial charge in [0.2, 0.25) is 0 Å². The number of ether oxygens (including phenoxy) is 4. The molecule has 0 aliphatic rings.